The smallest absolute Gasteiger partial charge is 0.335 e. The number of aromatic nitrogens is 2. The second kappa shape index (κ2) is 7.32. The zero-order chi connectivity index (χ0) is 18.6. The maximum Gasteiger partial charge on any atom is 0.416 e. The molecule has 6 nitrogen and oxygen atoms in total. The second-order valence-electron chi connectivity index (χ2n) is 5.09. The molecule has 0 bridgehead atoms. The van der Waals surface area contributed by atoms with Crippen molar-refractivity contribution in [3.63, 3.8) is 0 Å². The molecule has 0 saturated carbocycles. The lowest BCUT2D eigenvalue weighted by Crippen LogP contribution is -2.38. The number of hydrogen-bond donors (Lipinski definition) is 1. The van der Waals surface area contributed by atoms with Gasteiger partial charge < -0.3 is 10.2 Å². The topological polar surface area (TPSA) is 67.2 Å². The van der Waals surface area contributed by atoms with E-state index >= 15 is 0 Å². The van der Waals surface area contributed by atoms with Gasteiger partial charge in [0.2, 0.25) is 0 Å². The van der Waals surface area contributed by atoms with Crippen molar-refractivity contribution in [1.82, 2.24) is 14.7 Å². The summed E-state index contributed by atoms with van der Waals surface area (Å²) in [6, 6.07) is 4.26. The molecule has 10 heteroatoms. The number of likely N-dealkylation sites (N-methyl/N-ethyl adjacent to an activating group) is 1. The van der Waals surface area contributed by atoms with Crippen molar-refractivity contribution < 1.29 is 27.2 Å². The Morgan fingerprint density at radius 2 is 1.88 bits per heavy atom. The van der Waals surface area contributed by atoms with Crippen LogP contribution < -0.4 is 5.32 Å². The number of rotatable bonds is 4. The lowest BCUT2D eigenvalue weighted by atomic mass is 10.2. The first-order valence-electron chi connectivity index (χ1n) is 7.07. The van der Waals surface area contributed by atoms with Gasteiger partial charge in [-0.15, -0.1) is 0 Å². The van der Waals surface area contributed by atoms with Crippen molar-refractivity contribution in [2.45, 2.75) is 6.18 Å². The number of anilines is 1. The SMILES string of the molecule is CN(CCF)C(=O)C(=O)Nc1cnn(-c2ccc(C(F)(F)F)cc2)c1. The van der Waals surface area contributed by atoms with Crippen LogP contribution in [-0.2, 0) is 15.8 Å². The minimum Gasteiger partial charge on any atom is -0.335 e. The molecule has 0 aliphatic rings. The summed E-state index contributed by atoms with van der Waals surface area (Å²) < 4.78 is 51.0. The molecule has 0 unspecified atom stereocenters. The third-order valence-electron chi connectivity index (χ3n) is 3.26. The maximum absolute atomic E-state index is 12.5. The van der Waals surface area contributed by atoms with Gasteiger partial charge in [-0.1, -0.05) is 0 Å². The van der Waals surface area contributed by atoms with Crippen LogP contribution in [0.5, 0.6) is 0 Å². The molecular weight excluding hydrogens is 344 g/mol. The van der Waals surface area contributed by atoms with Gasteiger partial charge in [0.25, 0.3) is 0 Å². The maximum atomic E-state index is 12.5. The van der Waals surface area contributed by atoms with E-state index in [4.69, 9.17) is 0 Å². The van der Waals surface area contributed by atoms with Gasteiger partial charge in [-0.25, -0.2) is 9.07 Å². The average molecular weight is 358 g/mol. The van der Waals surface area contributed by atoms with Crippen LogP contribution in [0, 0.1) is 0 Å². The average Bonchev–Trinajstić information content (AvgIpc) is 3.02. The van der Waals surface area contributed by atoms with Crippen LogP contribution >= 0.6 is 0 Å². The number of halogens is 4. The quantitative estimate of drug-likeness (QED) is 0.673. The Bertz CT molecular complexity index is 756. The monoisotopic (exact) mass is 358 g/mol. The van der Waals surface area contributed by atoms with Crippen LogP contribution in [0.25, 0.3) is 5.69 Å². The van der Waals surface area contributed by atoms with Crippen molar-refractivity contribution in [2.75, 3.05) is 25.6 Å². The van der Waals surface area contributed by atoms with Crippen molar-refractivity contribution in [2.24, 2.45) is 0 Å². The summed E-state index contributed by atoms with van der Waals surface area (Å²) in [5, 5.41) is 6.20. The summed E-state index contributed by atoms with van der Waals surface area (Å²) in [4.78, 5) is 24.3. The molecule has 0 aliphatic heterocycles. The van der Waals surface area contributed by atoms with Gasteiger partial charge in [-0.2, -0.15) is 18.3 Å². The standard InChI is InChI=1S/C15H14F4N4O2/c1-22(7-6-16)14(25)13(24)21-11-8-20-23(9-11)12-4-2-10(3-5-12)15(17,18)19/h2-5,8-9H,6-7H2,1H3,(H,21,24). The number of amides is 2. The molecule has 0 atom stereocenters. The third kappa shape index (κ3) is 4.55. The number of benzene rings is 1. The molecule has 0 fully saturated rings. The van der Waals surface area contributed by atoms with E-state index < -0.39 is 30.2 Å². The van der Waals surface area contributed by atoms with Crippen LogP contribution in [0.15, 0.2) is 36.7 Å². The highest BCUT2D eigenvalue weighted by Crippen LogP contribution is 2.29. The van der Waals surface area contributed by atoms with E-state index in [0.717, 1.165) is 17.0 Å². The zero-order valence-electron chi connectivity index (χ0n) is 13.0. The highest BCUT2D eigenvalue weighted by Gasteiger charge is 2.30. The van der Waals surface area contributed by atoms with E-state index in [9.17, 15) is 27.2 Å². The van der Waals surface area contributed by atoms with Gasteiger partial charge in [-0.05, 0) is 24.3 Å². The van der Waals surface area contributed by atoms with Crippen LogP contribution in [0.3, 0.4) is 0 Å². The van der Waals surface area contributed by atoms with Crippen LogP contribution in [0.2, 0.25) is 0 Å². The predicted octanol–water partition coefficient (Wildman–Crippen LogP) is 2.26. The molecule has 1 N–H and O–H groups in total. The molecule has 1 aromatic heterocycles. The summed E-state index contributed by atoms with van der Waals surface area (Å²) >= 11 is 0. The molecule has 134 valence electrons. The summed E-state index contributed by atoms with van der Waals surface area (Å²) in [6.07, 6.45) is -1.87. The minimum atomic E-state index is -4.44. The van der Waals surface area contributed by atoms with Gasteiger partial charge in [0, 0.05) is 13.6 Å². The first-order chi connectivity index (χ1) is 11.7. The Morgan fingerprint density at radius 3 is 2.44 bits per heavy atom. The van der Waals surface area contributed by atoms with Gasteiger partial charge in [0.05, 0.1) is 29.3 Å². The molecule has 1 aromatic carbocycles. The number of carbonyl (C=O) groups excluding carboxylic acids is 2. The fraction of sp³-hybridized carbons (Fsp3) is 0.267. The van der Waals surface area contributed by atoms with E-state index in [2.05, 4.69) is 10.4 Å². The molecule has 2 aromatic rings. The summed E-state index contributed by atoms with van der Waals surface area (Å²) in [5.41, 5.74) is -0.278. The number of nitrogens with one attached hydrogen (secondary N) is 1. The van der Waals surface area contributed by atoms with Gasteiger partial charge in [0.1, 0.15) is 6.67 Å². The van der Waals surface area contributed by atoms with E-state index in [1.807, 2.05) is 0 Å². The fourth-order valence-electron chi connectivity index (χ4n) is 1.92. The van der Waals surface area contributed by atoms with Crippen molar-refractivity contribution in [3.8, 4) is 5.69 Å². The summed E-state index contributed by atoms with van der Waals surface area (Å²) in [7, 11) is 1.28. The molecule has 2 amide bonds. The Labute approximate surface area is 140 Å². The largest absolute Gasteiger partial charge is 0.416 e. The van der Waals surface area contributed by atoms with E-state index in [1.54, 1.807) is 0 Å². The predicted molar refractivity (Wildman–Crippen MR) is 80.8 cm³/mol. The Hall–Kier alpha value is -2.91. The third-order valence-corrected chi connectivity index (χ3v) is 3.26. The van der Waals surface area contributed by atoms with E-state index in [1.165, 1.54) is 36.3 Å². The minimum absolute atomic E-state index is 0.173. The number of nitrogens with zero attached hydrogens (tertiary/aromatic N) is 3. The number of hydrogen-bond acceptors (Lipinski definition) is 3. The van der Waals surface area contributed by atoms with Crippen molar-refractivity contribution in [1.29, 1.82) is 0 Å². The van der Waals surface area contributed by atoms with E-state index in [-0.39, 0.29) is 12.2 Å². The molecular formula is C15H14F4N4O2. The van der Waals surface area contributed by atoms with Gasteiger partial charge >= 0.3 is 18.0 Å². The van der Waals surface area contributed by atoms with Gasteiger partial charge in [-0.3, -0.25) is 9.59 Å². The molecule has 0 radical (unpaired) electrons. The molecule has 25 heavy (non-hydrogen) atoms. The van der Waals surface area contributed by atoms with Crippen LogP contribution in [0.4, 0.5) is 23.2 Å². The zero-order valence-corrected chi connectivity index (χ0v) is 13.0. The van der Waals surface area contributed by atoms with Crippen LogP contribution in [0.1, 0.15) is 5.56 Å². The summed E-state index contributed by atoms with van der Waals surface area (Å²) in [5.74, 6) is -1.89. The lowest BCUT2D eigenvalue weighted by molar-refractivity contribution is -0.142. The molecule has 0 aliphatic carbocycles. The molecule has 0 saturated heterocycles. The molecule has 1 heterocycles. The summed E-state index contributed by atoms with van der Waals surface area (Å²) in [6.45, 7) is -0.988. The molecule has 2 rings (SSSR count). The Morgan fingerprint density at radius 1 is 1.24 bits per heavy atom. The first-order valence-corrected chi connectivity index (χ1v) is 7.07. The number of alkyl halides is 4. The highest BCUT2D eigenvalue weighted by atomic mass is 19.4. The van der Waals surface area contributed by atoms with Crippen LogP contribution in [-0.4, -0.2) is 46.8 Å². The Balaban J connectivity index is 2.07. The first kappa shape index (κ1) is 18.4. The van der Waals surface area contributed by atoms with Crippen molar-refractivity contribution >= 4 is 17.5 Å². The Kier molecular flexibility index (Phi) is 5.40. The normalized spacial score (nSPS) is 11.2. The second-order valence-corrected chi connectivity index (χ2v) is 5.09. The number of carbonyl (C=O) groups is 2. The van der Waals surface area contributed by atoms with Gasteiger partial charge in [0.15, 0.2) is 0 Å². The fourth-order valence-corrected chi connectivity index (χ4v) is 1.92. The van der Waals surface area contributed by atoms with E-state index in [0.29, 0.717) is 5.69 Å². The van der Waals surface area contributed by atoms with Crippen molar-refractivity contribution in [3.05, 3.63) is 42.2 Å². The molecule has 0 spiro atoms. The highest BCUT2D eigenvalue weighted by molar-refractivity contribution is 6.39. The lowest BCUT2D eigenvalue weighted by Gasteiger charge is -2.13.